The molecule has 1 amide bonds. The summed E-state index contributed by atoms with van der Waals surface area (Å²) in [5.41, 5.74) is 1.28. The molecule has 1 atom stereocenters. The number of carbonyl (C=O) groups is 1. The van der Waals surface area contributed by atoms with Gasteiger partial charge in [0.05, 0.1) is 6.10 Å². The fourth-order valence-electron chi connectivity index (χ4n) is 2.82. The third-order valence-electron chi connectivity index (χ3n) is 4.45. The van der Waals surface area contributed by atoms with Crippen LogP contribution >= 0.6 is 0 Å². The molecule has 1 saturated heterocycles. The van der Waals surface area contributed by atoms with Crippen molar-refractivity contribution in [2.24, 2.45) is 4.99 Å². The van der Waals surface area contributed by atoms with Crippen molar-refractivity contribution in [2.45, 2.75) is 38.2 Å². The van der Waals surface area contributed by atoms with Crippen LogP contribution < -0.4 is 10.6 Å². The van der Waals surface area contributed by atoms with Crippen molar-refractivity contribution in [3.05, 3.63) is 35.9 Å². The lowest BCUT2D eigenvalue weighted by Crippen LogP contribution is -2.41. The van der Waals surface area contributed by atoms with E-state index in [1.807, 2.05) is 18.2 Å². The molecule has 6 nitrogen and oxygen atoms in total. The number of nitrogens with zero attached hydrogens (tertiary/aromatic N) is 2. The molecule has 6 heteroatoms. The molecule has 0 radical (unpaired) electrons. The molecule has 1 aliphatic heterocycles. The predicted molar refractivity (Wildman–Crippen MR) is 105 cm³/mol. The fraction of sp³-hybridized carbons (Fsp3) is 0.600. The first-order valence-corrected chi connectivity index (χ1v) is 9.53. The van der Waals surface area contributed by atoms with Crippen molar-refractivity contribution in [1.82, 2.24) is 15.5 Å². The molecular weight excluding hydrogens is 328 g/mol. The quantitative estimate of drug-likeness (QED) is 0.548. The lowest BCUT2D eigenvalue weighted by Gasteiger charge is -2.23. The van der Waals surface area contributed by atoms with Gasteiger partial charge in [-0.3, -0.25) is 4.79 Å². The number of amides is 1. The molecule has 1 heterocycles. The largest absolute Gasteiger partial charge is 0.378 e. The first kappa shape index (κ1) is 20.2. The highest BCUT2D eigenvalue weighted by atomic mass is 16.5. The minimum atomic E-state index is -0.00947. The summed E-state index contributed by atoms with van der Waals surface area (Å²) >= 11 is 0. The van der Waals surface area contributed by atoms with Gasteiger partial charge >= 0.3 is 0 Å². The Labute approximate surface area is 157 Å². The lowest BCUT2D eigenvalue weighted by atomic mass is 10.1. The molecule has 2 N–H and O–H groups in total. The van der Waals surface area contributed by atoms with Gasteiger partial charge in [0.15, 0.2) is 5.96 Å². The van der Waals surface area contributed by atoms with Gasteiger partial charge in [-0.2, -0.15) is 0 Å². The molecular formula is C20H32N4O2. The van der Waals surface area contributed by atoms with E-state index in [1.165, 1.54) is 18.4 Å². The molecule has 1 aliphatic rings. The first-order valence-electron chi connectivity index (χ1n) is 9.53. The molecule has 0 aromatic heterocycles. The molecule has 1 fully saturated rings. The molecule has 1 unspecified atom stereocenters. The van der Waals surface area contributed by atoms with Crippen molar-refractivity contribution >= 4 is 11.9 Å². The number of rotatable bonds is 8. The van der Waals surface area contributed by atoms with E-state index in [4.69, 9.17) is 4.74 Å². The van der Waals surface area contributed by atoms with Crippen LogP contribution in [-0.2, 0) is 16.0 Å². The van der Waals surface area contributed by atoms with Gasteiger partial charge in [0.2, 0.25) is 5.91 Å². The van der Waals surface area contributed by atoms with Crippen LogP contribution in [0.15, 0.2) is 35.3 Å². The van der Waals surface area contributed by atoms with E-state index in [9.17, 15) is 4.79 Å². The van der Waals surface area contributed by atoms with E-state index in [-0.39, 0.29) is 12.5 Å². The minimum absolute atomic E-state index is 0.00947. The Balaban J connectivity index is 1.79. The zero-order valence-electron chi connectivity index (χ0n) is 16.0. The maximum atomic E-state index is 11.8. The Hall–Kier alpha value is -2.08. The number of hydrogen-bond donors (Lipinski definition) is 2. The second-order valence-electron chi connectivity index (χ2n) is 6.82. The number of ether oxygens (including phenoxy) is 1. The zero-order chi connectivity index (χ0) is 18.6. The number of aliphatic imine (C=N–C) groups is 1. The smallest absolute Gasteiger partial charge is 0.243 e. The van der Waals surface area contributed by atoms with Crippen LogP contribution in [0.2, 0.25) is 0 Å². The van der Waals surface area contributed by atoms with Gasteiger partial charge in [-0.05, 0) is 37.7 Å². The Morgan fingerprint density at radius 2 is 1.96 bits per heavy atom. The molecule has 0 aliphatic carbocycles. The molecule has 1 aromatic carbocycles. The summed E-state index contributed by atoms with van der Waals surface area (Å²) in [5.74, 6) is 0.678. The maximum Gasteiger partial charge on any atom is 0.243 e. The SMILES string of the molecule is CN(C)C(=O)CN=C(NCCc1ccccc1)NCCC1CCCCO1. The van der Waals surface area contributed by atoms with Crippen LogP contribution in [0.1, 0.15) is 31.2 Å². The number of hydrogen-bond acceptors (Lipinski definition) is 3. The molecule has 144 valence electrons. The van der Waals surface area contributed by atoms with Gasteiger partial charge in [0.25, 0.3) is 0 Å². The predicted octanol–water partition coefficient (Wildman–Crippen LogP) is 1.81. The summed E-state index contributed by atoms with van der Waals surface area (Å²) in [4.78, 5) is 17.8. The number of guanidine groups is 1. The van der Waals surface area contributed by atoms with Crippen LogP contribution in [0.4, 0.5) is 0 Å². The van der Waals surface area contributed by atoms with E-state index < -0.39 is 0 Å². The highest BCUT2D eigenvalue weighted by molar-refractivity contribution is 5.84. The summed E-state index contributed by atoms with van der Waals surface area (Å²) in [5, 5.41) is 6.66. The van der Waals surface area contributed by atoms with Crippen molar-refractivity contribution in [1.29, 1.82) is 0 Å². The Morgan fingerprint density at radius 1 is 1.19 bits per heavy atom. The van der Waals surface area contributed by atoms with Crippen molar-refractivity contribution in [3.8, 4) is 0 Å². The third kappa shape index (κ3) is 7.87. The highest BCUT2D eigenvalue weighted by Gasteiger charge is 2.13. The molecule has 0 bridgehead atoms. The number of nitrogens with one attached hydrogen (secondary N) is 2. The Bertz CT molecular complexity index is 554. The zero-order valence-corrected chi connectivity index (χ0v) is 16.0. The van der Waals surface area contributed by atoms with Crippen molar-refractivity contribution in [3.63, 3.8) is 0 Å². The standard InChI is InChI=1S/C20H32N4O2/c1-24(2)19(25)16-23-20(21-13-11-17-8-4-3-5-9-17)22-14-12-18-10-6-7-15-26-18/h3-5,8-9,18H,6-7,10-16H2,1-2H3,(H2,21,22,23). The molecule has 2 rings (SSSR count). The van der Waals surface area contributed by atoms with Gasteiger partial charge in [0, 0.05) is 33.8 Å². The summed E-state index contributed by atoms with van der Waals surface area (Å²) in [7, 11) is 3.49. The maximum absolute atomic E-state index is 11.8. The summed E-state index contributed by atoms with van der Waals surface area (Å²) in [6.07, 6.45) is 5.76. The molecule has 0 saturated carbocycles. The second-order valence-corrected chi connectivity index (χ2v) is 6.82. The lowest BCUT2D eigenvalue weighted by molar-refractivity contribution is -0.127. The first-order chi connectivity index (χ1) is 12.6. The monoisotopic (exact) mass is 360 g/mol. The van der Waals surface area contributed by atoms with E-state index in [0.29, 0.717) is 12.1 Å². The van der Waals surface area contributed by atoms with Gasteiger partial charge in [-0.25, -0.2) is 4.99 Å². The van der Waals surface area contributed by atoms with Crippen molar-refractivity contribution < 1.29 is 9.53 Å². The second kappa shape index (κ2) is 11.5. The fourth-order valence-corrected chi connectivity index (χ4v) is 2.82. The highest BCUT2D eigenvalue weighted by Crippen LogP contribution is 2.14. The number of benzene rings is 1. The number of carbonyl (C=O) groups excluding carboxylic acids is 1. The molecule has 0 spiro atoms. The average molecular weight is 361 g/mol. The van der Waals surface area contributed by atoms with Gasteiger partial charge in [-0.1, -0.05) is 30.3 Å². The molecule has 26 heavy (non-hydrogen) atoms. The average Bonchev–Trinajstić information content (AvgIpc) is 2.67. The minimum Gasteiger partial charge on any atom is -0.378 e. The topological polar surface area (TPSA) is 66.0 Å². The van der Waals surface area contributed by atoms with Crippen LogP contribution in [-0.4, -0.2) is 63.2 Å². The van der Waals surface area contributed by atoms with Crippen molar-refractivity contribution in [2.75, 3.05) is 40.3 Å². The summed E-state index contributed by atoms with van der Waals surface area (Å²) < 4.78 is 5.77. The Kier molecular flexibility index (Phi) is 8.96. The van der Waals surface area contributed by atoms with E-state index in [0.717, 1.165) is 39.0 Å². The third-order valence-corrected chi connectivity index (χ3v) is 4.45. The van der Waals surface area contributed by atoms with Crippen LogP contribution in [0.5, 0.6) is 0 Å². The van der Waals surface area contributed by atoms with Gasteiger partial charge in [-0.15, -0.1) is 0 Å². The van der Waals surface area contributed by atoms with Gasteiger partial charge in [0.1, 0.15) is 6.54 Å². The van der Waals surface area contributed by atoms with Gasteiger partial charge < -0.3 is 20.3 Å². The van der Waals surface area contributed by atoms with E-state index in [1.54, 1.807) is 19.0 Å². The van der Waals surface area contributed by atoms with E-state index in [2.05, 4.69) is 27.8 Å². The van der Waals surface area contributed by atoms with Crippen LogP contribution in [0.3, 0.4) is 0 Å². The molecule has 1 aromatic rings. The van der Waals surface area contributed by atoms with Crippen LogP contribution in [0, 0.1) is 0 Å². The number of likely N-dealkylation sites (N-methyl/N-ethyl adjacent to an activating group) is 1. The summed E-state index contributed by atoms with van der Waals surface area (Å²) in [6.45, 7) is 2.58. The Morgan fingerprint density at radius 3 is 2.65 bits per heavy atom. The summed E-state index contributed by atoms with van der Waals surface area (Å²) in [6, 6.07) is 10.3. The van der Waals surface area contributed by atoms with E-state index >= 15 is 0 Å². The normalized spacial score (nSPS) is 17.6. The van der Waals surface area contributed by atoms with Crippen LogP contribution in [0.25, 0.3) is 0 Å².